The normalized spacial score (nSPS) is 19.4. The van der Waals surface area contributed by atoms with Crippen molar-refractivity contribution in [3.8, 4) is 5.75 Å². The molecule has 1 fully saturated rings. The van der Waals surface area contributed by atoms with Crippen LogP contribution in [0.5, 0.6) is 5.75 Å². The maximum absolute atomic E-state index is 6.17. The molecule has 6 nitrogen and oxygen atoms in total. The lowest BCUT2D eigenvalue weighted by Gasteiger charge is -2.32. The summed E-state index contributed by atoms with van der Waals surface area (Å²) in [7, 11) is 2.17. The van der Waals surface area contributed by atoms with Gasteiger partial charge in [-0.05, 0) is 38.6 Å². The van der Waals surface area contributed by atoms with E-state index in [9.17, 15) is 0 Å². The van der Waals surface area contributed by atoms with Crippen LogP contribution in [0.1, 0.15) is 19.3 Å². The number of pyridine rings is 2. The number of likely N-dealkylation sites (N-methyl/N-ethyl adjacent to an activating group) is 1. The molecule has 0 aromatic carbocycles. The van der Waals surface area contributed by atoms with Gasteiger partial charge in [0.1, 0.15) is 23.8 Å². The quantitative estimate of drug-likeness (QED) is 0.777. The highest BCUT2D eigenvalue weighted by molar-refractivity contribution is 6.09. The largest absolute Gasteiger partial charge is 0.491 e. The van der Waals surface area contributed by atoms with Crippen LogP contribution in [-0.4, -0.2) is 46.1 Å². The van der Waals surface area contributed by atoms with Gasteiger partial charge in [-0.3, -0.25) is 0 Å². The number of nitrogen functional groups attached to an aromatic ring is 1. The van der Waals surface area contributed by atoms with E-state index in [0.717, 1.165) is 34.2 Å². The molecule has 6 heteroatoms. The predicted octanol–water partition coefficient (Wildman–Crippen LogP) is 2.56. The minimum atomic E-state index is 0.476. The Hall–Kier alpha value is -2.34. The zero-order valence-corrected chi connectivity index (χ0v) is 13.2. The number of nitrogens with zero attached hydrogens (tertiary/aromatic N) is 3. The molecule has 3 aromatic rings. The molecule has 0 radical (unpaired) electrons. The third-order valence-corrected chi connectivity index (χ3v) is 4.71. The first kappa shape index (κ1) is 14.3. The molecule has 0 saturated carbocycles. The van der Waals surface area contributed by atoms with Crippen LogP contribution >= 0.6 is 0 Å². The number of likely N-dealkylation sites (tertiary alicyclic amines) is 1. The molecular weight excluding hydrogens is 290 g/mol. The maximum atomic E-state index is 6.17. The topological polar surface area (TPSA) is 80.1 Å². The van der Waals surface area contributed by atoms with Crippen molar-refractivity contribution in [1.29, 1.82) is 0 Å². The number of hydrogen-bond acceptors (Lipinski definition) is 5. The Morgan fingerprint density at radius 1 is 1.39 bits per heavy atom. The molecule has 0 spiro atoms. The first-order valence-electron chi connectivity index (χ1n) is 8.07. The van der Waals surface area contributed by atoms with Crippen LogP contribution in [0, 0.1) is 0 Å². The van der Waals surface area contributed by atoms with Gasteiger partial charge in [0.05, 0.1) is 17.1 Å². The highest BCUT2D eigenvalue weighted by Gasteiger charge is 2.20. The summed E-state index contributed by atoms with van der Waals surface area (Å²) in [5.74, 6) is 1.35. The Morgan fingerprint density at radius 3 is 3.17 bits per heavy atom. The molecule has 1 aliphatic rings. The fourth-order valence-corrected chi connectivity index (χ4v) is 3.37. The second-order valence-corrected chi connectivity index (χ2v) is 6.25. The van der Waals surface area contributed by atoms with E-state index < -0.39 is 0 Å². The van der Waals surface area contributed by atoms with E-state index in [0.29, 0.717) is 18.5 Å². The summed E-state index contributed by atoms with van der Waals surface area (Å²) in [4.78, 5) is 14.2. The third kappa shape index (κ3) is 2.59. The van der Waals surface area contributed by atoms with Crippen molar-refractivity contribution in [2.45, 2.75) is 25.3 Å². The van der Waals surface area contributed by atoms with Gasteiger partial charge in [0.2, 0.25) is 0 Å². The van der Waals surface area contributed by atoms with Gasteiger partial charge in [-0.1, -0.05) is 6.42 Å². The molecule has 1 unspecified atom stereocenters. The number of aromatic amines is 1. The van der Waals surface area contributed by atoms with E-state index >= 15 is 0 Å². The lowest BCUT2D eigenvalue weighted by atomic mass is 10.0. The maximum Gasteiger partial charge on any atom is 0.142 e. The number of nitrogens with one attached hydrogen (secondary N) is 1. The molecule has 0 aliphatic carbocycles. The molecule has 0 amide bonds. The minimum Gasteiger partial charge on any atom is -0.491 e. The lowest BCUT2D eigenvalue weighted by Crippen LogP contribution is -2.40. The second kappa shape index (κ2) is 5.70. The number of fused-ring (bicyclic) bond motifs is 3. The summed E-state index contributed by atoms with van der Waals surface area (Å²) in [5.41, 5.74) is 7.57. The van der Waals surface area contributed by atoms with Gasteiger partial charge in [0.15, 0.2) is 0 Å². The van der Waals surface area contributed by atoms with Gasteiger partial charge in [-0.25, -0.2) is 9.97 Å². The van der Waals surface area contributed by atoms with Crippen LogP contribution in [0.15, 0.2) is 24.5 Å². The summed E-state index contributed by atoms with van der Waals surface area (Å²) < 4.78 is 6.17. The van der Waals surface area contributed by atoms with Gasteiger partial charge in [-0.15, -0.1) is 0 Å². The standard InChI is InChI=1S/C17H21N5O/c1-22-7-3-2-4-11(22)10-23-14-5-6-19-17-16(14)12-8-15(18)20-9-13(12)21-17/h5-6,8-9,11H,2-4,7,10H2,1H3,(H2,18,20)(H,19,21). The molecule has 1 aliphatic heterocycles. The fraction of sp³-hybridized carbons (Fsp3) is 0.412. The average Bonchev–Trinajstić information content (AvgIpc) is 2.92. The third-order valence-electron chi connectivity index (χ3n) is 4.71. The Labute approximate surface area is 134 Å². The van der Waals surface area contributed by atoms with Gasteiger partial charge in [-0.2, -0.15) is 0 Å². The zero-order chi connectivity index (χ0) is 15.8. The van der Waals surface area contributed by atoms with E-state index in [4.69, 9.17) is 10.5 Å². The molecule has 1 atom stereocenters. The van der Waals surface area contributed by atoms with E-state index in [1.165, 1.54) is 19.3 Å². The van der Waals surface area contributed by atoms with Crippen LogP contribution in [0.3, 0.4) is 0 Å². The summed E-state index contributed by atoms with van der Waals surface area (Å²) in [6.07, 6.45) is 7.26. The molecule has 120 valence electrons. The van der Waals surface area contributed by atoms with E-state index in [1.807, 2.05) is 12.1 Å². The molecule has 0 bridgehead atoms. The first-order chi connectivity index (χ1) is 11.2. The van der Waals surface area contributed by atoms with Crippen molar-refractivity contribution in [3.05, 3.63) is 24.5 Å². The van der Waals surface area contributed by atoms with E-state index in [2.05, 4.69) is 26.9 Å². The summed E-state index contributed by atoms with van der Waals surface area (Å²) in [5, 5.41) is 1.99. The number of hydrogen-bond donors (Lipinski definition) is 2. The first-order valence-corrected chi connectivity index (χ1v) is 8.07. The molecule has 3 N–H and O–H groups in total. The number of H-pyrrole nitrogens is 1. The van der Waals surface area contributed by atoms with Crippen molar-refractivity contribution in [2.24, 2.45) is 0 Å². The second-order valence-electron chi connectivity index (χ2n) is 6.25. The summed E-state index contributed by atoms with van der Waals surface area (Å²) in [6, 6.07) is 4.27. The highest BCUT2D eigenvalue weighted by atomic mass is 16.5. The zero-order valence-electron chi connectivity index (χ0n) is 13.2. The summed E-state index contributed by atoms with van der Waals surface area (Å²) in [6.45, 7) is 1.85. The van der Waals surface area contributed by atoms with Gasteiger partial charge >= 0.3 is 0 Å². The van der Waals surface area contributed by atoms with Crippen LogP contribution < -0.4 is 10.5 Å². The molecule has 1 saturated heterocycles. The smallest absolute Gasteiger partial charge is 0.142 e. The molecule has 4 heterocycles. The Bertz CT molecular complexity index is 843. The summed E-state index contributed by atoms with van der Waals surface area (Å²) >= 11 is 0. The van der Waals surface area contributed by atoms with Crippen molar-refractivity contribution < 1.29 is 4.74 Å². The van der Waals surface area contributed by atoms with Gasteiger partial charge in [0.25, 0.3) is 0 Å². The molecule has 23 heavy (non-hydrogen) atoms. The van der Waals surface area contributed by atoms with Crippen LogP contribution in [0.25, 0.3) is 21.9 Å². The highest BCUT2D eigenvalue weighted by Crippen LogP contribution is 2.32. The Morgan fingerprint density at radius 2 is 2.30 bits per heavy atom. The molecular formula is C17H21N5O. The van der Waals surface area contributed by atoms with E-state index in [-0.39, 0.29) is 0 Å². The number of rotatable bonds is 3. The molecule has 4 rings (SSSR count). The van der Waals surface area contributed by atoms with Crippen molar-refractivity contribution >= 4 is 27.8 Å². The minimum absolute atomic E-state index is 0.476. The average molecular weight is 311 g/mol. The monoisotopic (exact) mass is 311 g/mol. The Kier molecular flexibility index (Phi) is 3.53. The number of ether oxygens (including phenoxy) is 1. The van der Waals surface area contributed by atoms with Gasteiger partial charge in [0, 0.05) is 17.6 Å². The van der Waals surface area contributed by atoms with Gasteiger partial charge < -0.3 is 20.4 Å². The van der Waals surface area contributed by atoms with Crippen molar-refractivity contribution in [2.75, 3.05) is 25.9 Å². The molecule has 3 aromatic heterocycles. The van der Waals surface area contributed by atoms with Crippen LogP contribution in [-0.2, 0) is 0 Å². The SMILES string of the molecule is CN1CCCCC1COc1ccnc2[nH]c3cnc(N)cc3c12. The van der Waals surface area contributed by atoms with Crippen molar-refractivity contribution in [3.63, 3.8) is 0 Å². The van der Waals surface area contributed by atoms with Crippen LogP contribution in [0.4, 0.5) is 5.82 Å². The Balaban J connectivity index is 1.69. The fourth-order valence-electron chi connectivity index (χ4n) is 3.37. The number of aromatic nitrogens is 3. The number of nitrogens with two attached hydrogens (primary N) is 1. The van der Waals surface area contributed by atoms with Crippen LogP contribution in [0.2, 0.25) is 0 Å². The predicted molar refractivity (Wildman–Crippen MR) is 91.6 cm³/mol. The van der Waals surface area contributed by atoms with Crippen molar-refractivity contribution in [1.82, 2.24) is 19.9 Å². The van der Waals surface area contributed by atoms with E-state index in [1.54, 1.807) is 12.4 Å². The lowest BCUT2D eigenvalue weighted by molar-refractivity contribution is 0.126. The number of piperidine rings is 1. The number of anilines is 1.